The van der Waals surface area contributed by atoms with Crippen LogP contribution >= 0.6 is 11.3 Å². The summed E-state index contributed by atoms with van der Waals surface area (Å²) in [6, 6.07) is 1.10. The van der Waals surface area contributed by atoms with Gasteiger partial charge < -0.3 is 5.11 Å². The van der Waals surface area contributed by atoms with Crippen LogP contribution in [-0.2, 0) is 10.0 Å². The van der Waals surface area contributed by atoms with E-state index in [-0.39, 0.29) is 15.8 Å². The number of hydrogen-bond donors (Lipinski definition) is 2. The van der Waals surface area contributed by atoms with Gasteiger partial charge in [-0.1, -0.05) is 6.42 Å². The van der Waals surface area contributed by atoms with Gasteiger partial charge in [0.1, 0.15) is 4.21 Å². The lowest BCUT2D eigenvalue weighted by atomic mass is 9.81. The van der Waals surface area contributed by atoms with Crippen molar-refractivity contribution in [1.29, 1.82) is 0 Å². The van der Waals surface area contributed by atoms with E-state index in [2.05, 4.69) is 4.72 Å². The molecule has 1 aromatic rings. The molecule has 0 spiro atoms. The number of aromatic carboxylic acids is 1. The van der Waals surface area contributed by atoms with E-state index in [0.29, 0.717) is 5.92 Å². The normalized spacial score (nSPS) is 18.3. The quantitative estimate of drug-likeness (QED) is 0.867. The summed E-state index contributed by atoms with van der Waals surface area (Å²) in [5.74, 6) is -0.710. The van der Waals surface area contributed by atoms with Crippen LogP contribution in [0.5, 0.6) is 0 Å². The van der Waals surface area contributed by atoms with Crippen LogP contribution in [0.3, 0.4) is 0 Å². The molecular weight excluding hydrogens is 274 g/mol. The lowest BCUT2D eigenvalue weighted by molar-refractivity contribution is 0.0697. The minimum atomic E-state index is -3.59. The second kappa shape index (κ2) is 4.99. The Bertz CT molecular complexity index is 545. The second-order valence-corrected chi connectivity index (χ2v) is 7.41. The fourth-order valence-electron chi connectivity index (χ4n) is 1.91. The predicted octanol–water partition coefficient (Wildman–Crippen LogP) is 1.91. The first-order chi connectivity index (χ1) is 8.40. The van der Waals surface area contributed by atoms with Gasteiger partial charge in [-0.25, -0.2) is 17.9 Å². The molecule has 1 aliphatic carbocycles. The van der Waals surface area contributed by atoms with E-state index in [1.807, 2.05) is 6.92 Å². The highest BCUT2D eigenvalue weighted by molar-refractivity contribution is 7.91. The number of carboxylic acids is 1. The zero-order chi connectivity index (χ0) is 13.3. The minimum absolute atomic E-state index is 0.0108. The molecule has 0 amide bonds. The van der Waals surface area contributed by atoms with Crippen molar-refractivity contribution in [2.75, 3.05) is 0 Å². The zero-order valence-corrected chi connectivity index (χ0v) is 11.6. The second-order valence-electron chi connectivity index (χ2n) is 4.56. The van der Waals surface area contributed by atoms with Crippen molar-refractivity contribution in [3.8, 4) is 0 Å². The monoisotopic (exact) mass is 289 g/mol. The highest BCUT2D eigenvalue weighted by atomic mass is 32.2. The maximum Gasteiger partial charge on any atom is 0.336 e. The Morgan fingerprint density at radius 1 is 1.56 bits per heavy atom. The van der Waals surface area contributed by atoms with E-state index in [1.165, 1.54) is 11.4 Å². The number of hydrogen-bond acceptors (Lipinski definition) is 4. The molecule has 1 fully saturated rings. The Labute approximate surface area is 110 Å². The van der Waals surface area contributed by atoms with E-state index in [0.717, 1.165) is 30.6 Å². The van der Waals surface area contributed by atoms with Crippen molar-refractivity contribution in [2.45, 2.75) is 36.4 Å². The maximum atomic E-state index is 12.0. The van der Waals surface area contributed by atoms with Crippen LogP contribution in [0.25, 0.3) is 0 Å². The topological polar surface area (TPSA) is 83.5 Å². The number of rotatable bonds is 5. The summed E-state index contributed by atoms with van der Waals surface area (Å²) in [5, 5.41) is 10.1. The summed E-state index contributed by atoms with van der Waals surface area (Å²) in [6.45, 7) is 1.85. The molecule has 1 aromatic heterocycles. The molecule has 2 rings (SSSR count). The molecule has 100 valence electrons. The molecule has 1 atom stereocenters. The van der Waals surface area contributed by atoms with E-state index in [4.69, 9.17) is 5.11 Å². The van der Waals surface area contributed by atoms with E-state index in [9.17, 15) is 13.2 Å². The predicted molar refractivity (Wildman–Crippen MR) is 68.4 cm³/mol. The highest BCUT2D eigenvalue weighted by Gasteiger charge is 2.28. The summed E-state index contributed by atoms with van der Waals surface area (Å²) in [6.07, 6.45) is 3.25. The molecule has 0 aromatic carbocycles. The molecule has 2 N–H and O–H groups in total. The van der Waals surface area contributed by atoms with Crippen LogP contribution in [0.15, 0.2) is 15.7 Å². The summed E-state index contributed by atoms with van der Waals surface area (Å²) in [5.41, 5.74) is 0.0108. The fraction of sp³-hybridized carbons (Fsp3) is 0.545. The first-order valence-corrected chi connectivity index (χ1v) is 8.10. The number of carboxylic acid groups (broad SMARTS) is 1. The van der Waals surface area contributed by atoms with Crippen LogP contribution in [0.1, 0.15) is 36.5 Å². The summed E-state index contributed by atoms with van der Waals surface area (Å²) in [4.78, 5) is 10.7. The Hall–Kier alpha value is -0.920. The third kappa shape index (κ3) is 2.73. The van der Waals surface area contributed by atoms with Crippen LogP contribution in [0, 0.1) is 5.92 Å². The largest absolute Gasteiger partial charge is 0.478 e. The van der Waals surface area contributed by atoms with E-state index < -0.39 is 16.0 Å². The molecule has 0 bridgehead atoms. The molecule has 1 heterocycles. The van der Waals surface area contributed by atoms with Crippen molar-refractivity contribution in [3.05, 3.63) is 17.0 Å². The van der Waals surface area contributed by atoms with Gasteiger partial charge in [0.25, 0.3) is 0 Å². The maximum absolute atomic E-state index is 12.0. The summed E-state index contributed by atoms with van der Waals surface area (Å²) >= 11 is 0.933. The number of nitrogens with one attached hydrogen (secondary N) is 1. The van der Waals surface area contributed by atoms with Gasteiger partial charge in [0.2, 0.25) is 10.0 Å². The van der Waals surface area contributed by atoms with Gasteiger partial charge in [-0.15, -0.1) is 11.3 Å². The number of thiophene rings is 1. The lowest BCUT2D eigenvalue weighted by Gasteiger charge is -2.31. The van der Waals surface area contributed by atoms with Gasteiger partial charge in [-0.05, 0) is 31.7 Å². The minimum Gasteiger partial charge on any atom is -0.478 e. The van der Waals surface area contributed by atoms with Gasteiger partial charge in [-0.2, -0.15) is 0 Å². The molecule has 0 aliphatic heterocycles. The highest BCUT2D eigenvalue weighted by Crippen LogP contribution is 2.30. The molecule has 1 saturated carbocycles. The zero-order valence-electron chi connectivity index (χ0n) is 9.92. The van der Waals surface area contributed by atoms with Crippen molar-refractivity contribution in [1.82, 2.24) is 4.72 Å². The molecule has 18 heavy (non-hydrogen) atoms. The van der Waals surface area contributed by atoms with Gasteiger partial charge >= 0.3 is 5.97 Å². The summed E-state index contributed by atoms with van der Waals surface area (Å²) < 4.78 is 26.7. The van der Waals surface area contributed by atoms with Crippen molar-refractivity contribution in [3.63, 3.8) is 0 Å². The number of carbonyl (C=O) groups is 1. The van der Waals surface area contributed by atoms with E-state index in [1.54, 1.807) is 0 Å². The van der Waals surface area contributed by atoms with Crippen LogP contribution in [0.2, 0.25) is 0 Å². The fourth-order valence-corrected chi connectivity index (χ4v) is 4.39. The van der Waals surface area contributed by atoms with Gasteiger partial charge in [0, 0.05) is 11.4 Å². The van der Waals surface area contributed by atoms with Crippen molar-refractivity contribution in [2.24, 2.45) is 5.92 Å². The number of sulfonamides is 1. The third-order valence-corrected chi connectivity index (χ3v) is 6.28. The standard InChI is InChI=1S/C11H15NO4S2/c1-7(8-3-2-4-8)12-18(15,16)10-5-9(6-17-10)11(13)14/h5-8,12H,2-4H2,1H3,(H,13,14). The van der Waals surface area contributed by atoms with Crippen LogP contribution < -0.4 is 4.72 Å². The van der Waals surface area contributed by atoms with Crippen LogP contribution in [0.4, 0.5) is 0 Å². The molecule has 1 aliphatic rings. The molecule has 1 unspecified atom stereocenters. The summed E-state index contributed by atoms with van der Waals surface area (Å²) in [7, 11) is -3.59. The third-order valence-electron chi connectivity index (χ3n) is 3.29. The average Bonchev–Trinajstić information content (AvgIpc) is 2.61. The molecule has 0 radical (unpaired) electrons. The first kappa shape index (κ1) is 13.5. The molecular formula is C11H15NO4S2. The van der Waals surface area contributed by atoms with Gasteiger partial charge in [0.05, 0.1) is 5.56 Å². The van der Waals surface area contributed by atoms with Crippen molar-refractivity contribution < 1.29 is 18.3 Å². The van der Waals surface area contributed by atoms with Gasteiger partial charge in [0.15, 0.2) is 0 Å². The lowest BCUT2D eigenvalue weighted by Crippen LogP contribution is -2.40. The first-order valence-electron chi connectivity index (χ1n) is 5.74. The van der Waals surface area contributed by atoms with Gasteiger partial charge in [-0.3, -0.25) is 0 Å². The Kier molecular flexibility index (Phi) is 3.74. The Morgan fingerprint density at radius 2 is 2.22 bits per heavy atom. The SMILES string of the molecule is CC(NS(=O)(=O)c1cc(C(=O)O)cs1)C1CCC1. The molecule has 7 heteroatoms. The Balaban J connectivity index is 2.11. The smallest absolute Gasteiger partial charge is 0.336 e. The molecule has 5 nitrogen and oxygen atoms in total. The molecule has 0 saturated heterocycles. The van der Waals surface area contributed by atoms with Crippen LogP contribution in [-0.4, -0.2) is 25.5 Å². The Morgan fingerprint density at radius 3 is 2.67 bits per heavy atom. The van der Waals surface area contributed by atoms with E-state index >= 15 is 0 Å². The average molecular weight is 289 g/mol. The van der Waals surface area contributed by atoms with Crippen molar-refractivity contribution >= 4 is 27.3 Å².